The second-order valence-corrected chi connectivity index (χ2v) is 4.94. The molecule has 0 saturated heterocycles. The van der Waals surface area contributed by atoms with Crippen molar-refractivity contribution in [2.45, 2.75) is 20.8 Å². The Morgan fingerprint density at radius 2 is 1.50 bits per heavy atom. The number of halogens is 2. The zero-order valence-corrected chi connectivity index (χ0v) is 11.6. The van der Waals surface area contributed by atoms with Crippen molar-refractivity contribution in [3.63, 3.8) is 0 Å². The number of hydrogen-bond acceptors (Lipinski definition) is 2. The van der Waals surface area contributed by atoms with Crippen LogP contribution in [-0.2, 0) is 0 Å². The minimum absolute atomic E-state index is 0.0830. The number of carbonyl (C=O) groups is 1. The van der Waals surface area contributed by atoms with Crippen LogP contribution < -0.4 is 5.73 Å². The first-order valence-corrected chi connectivity index (χ1v) is 6.18. The quantitative estimate of drug-likeness (QED) is 0.670. The van der Waals surface area contributed by atoms with E-state index in [2.05, 4.69) is 0 Å². The van der Waals surface area contributed by atoms with Crippen molar-refractivity contribution >= 4 is 11.5 Å². The van der Waals surface area contributed by atoms with E-state index in [0.717, 1.165) is 0 Å². The molecule has 0 bridgehead atoms. The van der Waals surface area contributed by atoms with E-state index in [0.29, 0.717) is 27.9 Å². The molecule has 0 atom stereocenters. The molecule has 0 spiro atoms. The smallest absolute Gasteiger partial charge is 0.196 e. The van der Waals surface area contributed by atoms with Crippen LogP contribution in [0.2, 0.25) is 0 Å². The van der Waals surface area contributed by atoms with Gasteiger partial charge >= 0.3 is 0 Å². The molecule has 2 N–H and O–H groups in total. The van der Waals surface area contributed by atoms with E-state index in [-0.39, 0.29) is 5.56 Å². The third-order valence-electron chi connectivity index (χ3n) is 3.25. The predicted octanol–water partition coefficient (Wildman–Crippen LogP) is 3.70. The van der Waals surface area contributed by atoms with Gasteiger partial charge in [0.1, 0.15) is 11.6 Å². The standard InChI is InChI=1S/C16H15F2NO/c1-8-4-11(17)5-9(2)14(8)16(20)13-7-12(19)6-10(3)15(13)18/h4-7H,19H2,1-3H3. The molecule has 2 rings (SSSR count). The van der Waals surface area contributed by atoms with E-state index in [9.17, 15) is 13.6 Å². The molecule has 0 aliphatic rings. The Morgan fingerprint density at radius 1 is 0.950 bits per heavy atom. The Labute approximate surface area is 116 Å². The number of nitrogen functional groups attached to an aromatic ring is 1. The highest BCUT2D eigenvalue weighted by molar-refractivity contribution is 6.11. The third-order valence-corrected chi connectivity index (χ3v) is 3.25. The van der Waals surface area contributed by atoms with Gasteiger partial charge in [-0.3, -0.25) is 4.79 Å². The normalized spacial score (nSPS) is 10.7. The lowest BCUT2D eigenvalue weighted by atomic mass is 9.93. The first-order chi connectivity index (χ1) is 9.31. The van der Waals surface area contributed by atoms with Gasteiger partial charge in [0.15, 0.2) is 5.78 Å². The molecular weight excluding hydrogens is 260 g/mol. The average Bonchev–Trinajstić information content (AvgIpc) is 2.32. The van der Waals surface area contributed by atoms with Crippen molar-refractivity contribution < 1.29 is 13.6 Å². The monoisotopic (exact) mass is 275 g/mol. The fourth-order valence-electron chi connectivity index (χ4n) is 2.37. The minimum Gasteiger partial charge on any atom is -0.399 e. The highest BCUT2D eigenvalue weighted by Gasteiger charge is 2.20. The Balaban J connectivity index is 2.64. The number of carbonyl (C=O) groups excluding carboxylic acids is 1. The summed E-state index contributed by atoms with van der Waals surface area (Å²) in [4.78, 5) is 12.5. The van der Waals surface area contributed by atoms with Gasteiger partial charge in [-0.25, -0.2) is 8.78 Å². The Hall–Kier alpha value is -2.23. The zero-order valence-electron chi connectivity index (χ0n) is 11.6. The average molecular weight is 275 g/mol. The fourth-order valence-corrected chi connectivity index (χ4v) is 2.37. The number of aryl methyl sites for hydroxylation is 3. The zero-order chi connectivity index (χ0) is 15.0. The van der Waals surface area contributed by atoms with Gasteiger partial charge in [0.05, 0.1) is 5.56 Å². The van der Waals surface area contributed by atoms with E-state index >= 15 is 0 Å². The molecule has 0 aliphatic heterocycles. The van der Waals surface area contributed by atoms with Crippen molar-refractivity contribution in [2.24, 2.45) is 0 Å². The summed E-state index contributed by atoms with van der Waals surface area (Å²) < 4.78 is 27.4. The SMILES string of the molecule is Cc1cc(N)cc(C(=O)c2c(C)cc(F)cc2C)c1F. The summed E-state index contributed by atoms with van der Waals surface area (Å²) in [5.41, 5.74) is 7.49. The van der Waals surface area contributed by atoms with E-state index < -0.39 is 17.4 Å². The summed E-state index contributed by atoms with van der Waals surface area (Å²) in [6.45, 7) is 4.80. The number of rotatable bonds is 2. The molecule has 2 aromatic rings. The van der Waals surface area contributed by atoms with Gasteiger partial charge < -0.3 is 5.73 Å². The number of benzene rings is 2. The van der Waals surface area contributed by atoms with Crippen LogP contribution in [0.1, 0.15) is 32.6 Å². The third kappa shape index (κ3) is 2.41. The number of nitrogens with two attached hydrogens (primary N) is 1. The van der Waals surface area contributed by atoms with E-state index in [1.807, 2.05) is 0 Å². The highest BCUT2D eigenvalue weighted by Crippen LogP contribution is 2.24. The molecule has 0 unspecified atom stereocenters. The maximum atomic E-state index is 14.1. The Kier molecular flexibility index (Phi) is 3.57. The molecular formula is C16H15F2NO. The van der Waals surface area contributed by atoms with Gasteiger partial charge in [-0.1, -0.05) is 0 Å². The molecule has 0 aromatic heterocycles. The molecule has 0 saturated carbocycles. The first kappa shape index (κ1) is 14.2. The van der Waals surface area contributed by atoms with Gasteiger partial charge in [-0.2, -0.15) is 0 Å². The topological polar surface area (TPSA) is 43.1 Å². The molecule has 2 nitrogen and oxygen atoms in total. The molecule has 0 radical (unpaired) electrons. The van der Waals surface area contributed by atoms with Gasteiger partial charge in [0, 0.05) is 11.3 Å². The highest BCUT2D eigenvalue weighted by atomic mass is 19.1. The van der Waals surface area contributed by atoms with Crippen molar-refractivity contribution in [1.29, 1.82) is 0 Å². The molecule has 0 heterocycles. The fraction of sp³-hybridized carbons (Fsp3) is 0.188. The minimum atomic E-state index is -0.590. The van der Waals surface area contributed by atoms with E-state index in [1.165, 1.54) is 24.3 Å². The van der Waals surface area contributed by atoms with E-state index in [1.54, 1.807) is 20.8 Å². The van der Waals surface area contributed by atoms with Crippen LogP contribution in [0.4, 0.5) is 14.5 Å². The van der Waals surface area contributed by atoms with Crippen molar-refractivity contribution in [3.05, 3.63) is 63.7 Å². The summed E-state index contributed by atoms with van der Waals surface area (Å²) in [7, 11) is 0. The maximum absolute atomic E-state index is 14.1. The van der Waals surface area contributed by atoms with Crippen LogP contribution in [0, 0.1) is 32.4 Å². The second kappa shape index (κ2) is 5.04. The summed E-state index contributed by atoms with van der Waals surface area (Å²) in [6.07, 6.45) is 0. The maximum Gasteiger partial charge on any atom is 0.196 e. The predicted molar refractivity (Wildman–Crippen MR) is 74.9 cm³/mol. The van der Waals surface area contributed by atoms with Crippen molar-refractivity contribution in [3.8, 4) is 0 Å². The second-order valence-electron chi connectivity index (χ2n) is 4.94. The van der Waals surface area contributed by atoms with Gasteiger partial charge in [-0.15, -0.1) is 0 Å². The van der Waals surface area contributed by atoms with Gasteiger partial charge in [0.2, 0.25) is 0 Å². The summed E-state index contributed by atoms with van der Waals surface area (Å²) in [6, 6.07) is 5.30. The van der Waals surface area contributed by atoms with Gasteiger partial charge in [0.25, 0.3) is 0 Å². The molecule has 4 heteroatoms. The summed E-state index contributed by atoms with van der Waals surface area (Å²) in [5, 5.41) is 0. The molecule has 2 aromatic carbocycles. The lowest BCUT2D eigenvalue weighted by molar-refractivity contribution is 0.103. The number of ketones is 1. The number of anilines is 1. The first-order valence-electron chi connectivity index (χ1n) is 6.18. The molecule has 20 heavy (non-hydrogen) atoms. The lowest BCUT2D eigenvalue weighted by Gasteiger charge is -2.11. The van der Waals surface area contributed by atoms with Crippen LogP contribution in [-0.4, -0.2) is 5.78 Å². The molecule has 104 valence electrons. The Bertz CT molecular complexity index is 685. The van der Waals surface area contributed by atoms with Crippen LogP contribution in [0.25, 0.3) is 0 Å². The molecule has 0 fully saturated rings. The molecule has 0 amide bonds. The number of hydrogen-bond donors (Lipinski definition) is 1. The van der Waals surface area contributed by atoms with Crippen LogP contribution in [0.15, 0.2) is 24.3 Å². The van der Waals surface area contributed by atoms with Crippen molar-refractivity contribution in [2.75, 3.05) is 5.73 Å². The van der Waals surface area contributed by atoms with Crippen LogP contribution in [0.5, 0.6) is 0 Å². The summed E-state index contributed by atoms with van der Waals surface area (Å²) in [5.74, 6) is -1.49. The van der Waals surface area contributed by atoms with E-state index in [4.69, 9.17) is 5.73 Å². The molecule has 0 aliphatic carbocycles. The Morgan fingerprint density at radius 3 is 2.05 bits per heavy atom. The van der Waals surface area contributed by atoms with Crippen LogP contribution >= 0.6 is 0 Å². The van der Waals surface area contributed by atoms with Gasteiger partial charge in [-0.05, 0) is 61.7 Å². The van der Waals surface area contributed by atoms with Crippen LogP contribution in [0.3, 0.4) is 0 Å². The van der Waals surface area contributed by atoms with Crippen molar-refractivity contribution in [1.82, 2.24) is 0 Å². The lowest BCUT2D eigenvalue weighted by Crippen LogP contribution is -2.10. The summed E-state index contributed by atoms with van der Waals surface area (Å²) >= 11 is 0. The largest absolute Gasteiger partial charge is 0.399 e.